The molecule has 0 aromatic carbocycles. The fraction of sp³-hybridized carbons (Fsp3) is 0.273. The van der Waals surface area contributed by atoms with E-state index in [1.807, 2.05) is 28.3 Å². The van der Waals surface area contributed by atoms with E-state index >= 15 is 0 Å². The molecule has 0 bridgehead atoms. The molecule has 0 amide bonds. The molecule has 5 heteroatoms. The topological polar surface area (TPSA) is 32.3 Å². The summed E-state index contributed by atoms with van der Waals surface area (Å²) < 4.78 is 0. The molecule has 0 saturated heterocycles. The van der Waals surface area contributed by atoms with Crippen molar-refractivity contribution in [1.29, 1.82) is 0 Å². The Balaban J connectivity index is 1.76. The Morgan fingerprint density at radius 2 is 2.31 bits per heavy atom. The third-order valence-electron chi connectivity index (χ3n) is 2.19. The van der Waals surface area contributed by atoms with Gasteiger partial charge in [-0.05, 0) is 28.5 Å². The Kier molecular flexibility index (Phi) is 4.37. The molecule has 0 radical (unpaired) electrons. The molecule has 2 nitrogen and oxygen atoms in total. The molecule has 2 N–H and O–H groups in total. The van der Waals surface area contributed by atoms with E-state index in [1.165, 1.54) is 4.88 Å². The van der Waals surface area contributed by atoms with E-state index in [0.29, 0.717) is 6.54 Å². The van der Waals surface area contributed by atoms with Gasteiger partial charge < -0.3 is 10.4 Å². The predicted octanol–water partition coefficient (Wildman–Crippen LogP) is 3.29. The molecule has 0 saturated carbocycles. The second kappa shape index (κ2) is 5.80. The molecule has 1 unspecified atom stereocenters. The van der Waals surface area contributed by atoms with Crippen molar-refractivity contribution in [3.63, 3.8) is 0 Å². The van der Waals surface area contributed by atoms with Crippen LogP contribution in [0.25, 0.3) is 0 Å². The molecule has 0 spiro atoms. The first-order chi connectivity index (χ1) is 7.75. The van der Waals surface area contributed by atoms with Crippen LogP contribution in [-0.4, -0.2) is 11.7 Å². The van der Waals surface area contributed by atoms with Crippen LogP contribution in [-0.2, 0) is 6.54 Å². The number of aliphatic hydroxyl groups excluding tert-OH is 1. The van der Waals surface area contributed by atoms with E-state index in [-0.39, 0.29) is 0 Å². The van der Waals surface area contributed by atoms with Gasteiger partial charge in [0.25, 0.3) is 0 Å². The lowest BCUT2D eigenvalue weighted by molar-refractivity contribution is 0.175. The summed E-state index contributed by atoms with van der Waals surface area (Å²) in [4.78, 5) is 1.18. The van der Waals surface area contributed by atoms with E-state index in [1.54, 1.807) is 22.7 Å². The minimum Gasteiger partial charge on any atom is -0.387 e. The molecule has 2 heterocycles. The summed E-state index contributed by atoms with van der Waals surface area (Å²) in [5.41, 5.74) is 0.974. The normalized spacial score (nSPS) is 12.9. The van der Waals surface area contributed by atoms with E-state index in [0.717, 1.165) is 17.1 Å². The van der Waals surface area contributed by atoms with Crippen molar-refractivity contribution >= 4 is 34.3 Å². The maximum absolute atomic E-state index is 9.81. The Bertz CT molecular complexity index is 427. The minimum atomic E-state index is -0.429. The summed E-state index contributed by atoms with van der Waals surface area (Å²) in [7, 11) is 0. The number of hydrogen-bond acceptors (Lipinski definition) is 4. The lowest BCUT2D eigenvalue weighted by Gasteiger charge is -2.09. The number of rotatable bonds is 5. The van der Waals surface area contributed by atoms with Crippen molar-refractivity contribution < 1.29 is 5.11 Å². The number of aliphatic hydroxyl groups is 1. The van der Waals surface area contributed by atoms with Crippen LogP contribution in [0.15, 0.2) is 28.3 Å². The summed E-state index contributed by atoms with van der Waals surface area (Å²) in [6.07, 6.45) is -0.429. The molecule has 2 aromatic heterocycles. The van der Waals surface area contributed by atoms with E-state index in [4.69, 9.17) is 11.6 Å². The average molecular weight is 274 g/mol. The Morgan fingerprint density at radius 3 is 2.94 bits per heavy atom. The van der Waals surface area contributed by atoms with Gasteiger partial charge in [0.2, 0.25) is 0 Å². The first kappa shape index (κ1) is 12.1. The minimum absolute atomic E-state index is 0.429. The predicted molar refractivity (Wildman–Crippen MR) is 70.3 cm³/mol. The second-order valence-corrected chi connectivity index (χ2v) is 5.65. The standard InChI is InChI=1S/C11H12ClNOS2/c12-9-3-10(16-7-9)4-13-5-11(14)8-1-2-15-6-8/h1-3,6-7,11,13-14H,4-5H2. The van der Waals surface area contributed by atoms with Crippen LogP contribution in [0.4, 0.5) is 0 Å². The first-order valence-electron chi connectivity index (χ1n) is 4.89. The molecule has 16 heavy (non-hydrogen) atoms. The molecule has 0 fully saturated rings. The second-order valence-electron chi connectivity index (χ2n) is 3.43. The third-order valence-corrected chi connectivity index (χ3v) is 4.17. The van der Waals surface area contributed by atoms with Gasteiger partial charge in [0.1, 0.15) is 0 Å². The number of hydrogen-bond donors (Lipinski definition) is 2. The van der Waals surface area contributed by atoms with Gasteiger partial charge in [-0.1, -0.05) is 11.6 Å². The largest absolute Gasteiger partial charge is 0.387 e. The summed E-state index contributed by atoms with van der Waals surface area (Å²) >= 11 is 9.04. The Labute approximate surface area is 108 Å². The van der Waals surface area contributed by atoms with Crippen LogP contribution in [0.2, 0.25) is 5.02 Å². The summed E-state index contributed by atoms with van der Waals surface area (Å²) in [6, 6.07) is 3.88. The zero-order valence-electron chi connectivity index (χ0n) is 8.52. The third kappa shape index (κ3) is 3.30. The van der Waals surface area contributed by atoms with Crippen LogP contribution in [0.5, 0.6) is 0 Å². The van der Waals surface area contributed by atoms with E-state index < -0.39 is 6.10 Å². The highest BCUT2D eigenvalue weighted by Gasteiger charge is 2.07. The molecular weight excluding hydrogens is 262 g/mol. The van der Waals surface area contributed by atoms with Gasteiger partial charge in [0.15, 0.2) is 0 Å². The zero-order valence-corrected chi connectivity index (χ0v) is 10.9. The van der Waals surface area contributed by atoms with Gasteiger partial charge in [-0.2, -0.15) is 11.3 Å². The summed E-state index contributed by atoms with van der Waals surface area (Å²) in [5.74, 6) is 0. The van der Waals surface area contributed by atoms with Crippen molar-refractivity contribution in [2.45, 2.75) is 12.6 Å². The van der Waals surface area contributed by atoms with Crippen LogP contribution >= 0.6 is 34.3 Å². The van der Waals surface area contributed by atoms with Gasteiger partial charge in [-0.25, -0.2) is 0 Å². The summed E-state index contributed by atoms with van der Waals surface area (Å²) in [6.45, 7) is 1.31. The van der Waals surface area contributed by atoms with Gasteiger partial charge in [-0.15, -0.1) is 11.3 Å². The van der Waals surface area contributed by atoms with Crippen LogP contribution in [0.1, 0.15) is 16.5 Å². The number of thiophene rings is 2. The molecule has 2 rings (SSSR count). The quantitative estimate of drug-likeness (QED) is 0.876. The van der Waals surface area contributed by atoms with Gasteiger partial charge in [0, 0.05) is 23.3 Å². The molecule has 0 aliphatic heterocycles. The molecular formula is C11H12ClNOS2. The summed E-state index contributed by atoms with van der Waals surface area (Å²) in [5, 5.41) is 19.6. The smallest absolute Gasteiger partial charge is 0.0922 e. The van der Waals surface area contributed by atoms with Gasteiger partial charge >= 0.3 is 0 Å². The Morgan fingerprint density at radius 1 is 1.44 bits per heavy atom. The molecule has 86 valence electrons. The number of nitrogens with one attached hydrogen (secondary N) is 1. The average Bonchev–Trinajstić information content (AvgIpc) is 2.89. The fourth-order valence-corrected chi connectivity index (χ4v) is 3.11. The van der Waals surface area contributed by atoms with Crippen molar-refractivity contribution in [2.75, 3.05) is 6.54 Å². The van der Waals surface area contributed by atoms with E-state index in [2.05, 4.69) is 5.32 Å². The monoisotopic (exact) mass is 273 g/mol. The van der Waals surface area contributed by atoms with Crippen LogP contribution < -0.4 is 5.32 Å². The maximum Gasteiger partial charge on any atom is 0.0922 e. The van der Waals surface area contributed by atoms with E-state index in [9.17, 15) is 5.11 Å². The lowest BCUT2D eigenvalue weighted by Crippen LogP contribution is -2.20. The fourth-order valence-electron chi connectivity index (χ4n) is 1.36. The highest BCUT2D eigenvalue weighted by molar-refractivity contribution is 7.10. The lowest BCUT2D eigenvalue weighted by atomic mass is 10.2. The molecule has 2 aromatic rings. The van der Waals surface area contributed by atoms with Crippen LogP contribution in [0.3, 0.4) is 0 Å². The number of halogens is 1. The van der Waals surface area contributed by atoms with Crippen molar-refractivity contribution in [2.24, 2.45) is 0 Å². The SMILES string of the molecule is OC(CNCc1cc(Cl)cs1)c1ccsc1. The molecule has 0 aliphatic carbocycles. The maximum atomic E-state index is 9.81. The zero-order chi connectivity index (χ0) is 11.4. The molecule has 1 atom stereocenters. The first-order valence-corrected chi connectivity index (χ1v) is 7.09. The highest BCUT2D eigenvalue weighted by Crippen LogP contribution is 2.19. The van der Waals surface area contributed by atoms with Crippen molar-refractivity contribution in [1.82, 2.24) is 5.32 Å². The van der Waals surface area contributed by atoms with Crippen LogP contribution in [0, 0.1) is 0 Å². The van der Waals surface area contributed by atoms with Gasteiger partial charge in [-0.3, -0.25) is 0 Å². The highest BCUT2D eigenvalue weighted by atomic mass is 35.5. The molecule has 0 aliphatic rings. The Hall–Kier alpha value is -0.390. The van der Waals surface area contributed by atoms with Gasteiger partial charge in [0.05, 0.1) is 11.1 Å². The van der Waals surface area contributed by atoms with Crippen molar-refractivity contribution in [3.05, 3.63) is 43.7 Å². The van der Waals surface area contributed by atoms with Crippen molar-refractivity contribution in [3.8, 4) is 0 Å².